The quantitative estimate of drug-likeness (QED) is 0.415. The van der Waals surface area contributed by atoms with Crippen LogP contribution >= 0.6 is 11.6 Å². The van der Waals surface area contributed by atoms with E-state index in [0.717, 1.165) is 37.6 Å². The standard InChI is InChI=1S/C23H19ClN2O4.Na/c1-15-11-19(24)7-10-21(15)18-4-2-3-17(12-18)14-29-20-8-5-16(6-9-20)13-26-22(27)25-23(28)30-26;/h2-12H,13-14H2,1H3,(H,25,27,28);/q;+1/p-1. The third kappa shape index (κ3) is 5.80. The maximum atomic E-state index is 11.5. The normalized spacial score (nSPS) is 10.5. The van der Waals surface area contributed by atoms with Crippen molar-refractivity contribution in [2.45, 2.75) is 20.1 Å². The molecule has 8 heteroatoms. The van der Waals surface area contributed by atoms with Crippen LogP contribution in [0.25, 0.3) is 11.1 Å². The number of benzene rings is 3. The van der Waals surface area contributed by atoms with Crippen LogP contribution in [0.4, 0.5) is 0 Å². The van der Waals surface area contributed by atoms with Gasteiger partial charge in [-0.2, -0.15) is 0 Å². The van der Waals surface area contributed by atoms with Gasteiger partial charge < -0.3 is 14.2 Å². The predicted octanol–water partition coefficient (Wildman–Crippen LogP) is 1.02. The van der Waals surface area contributed by atoms with E-state index in [1.165, 1.54) is 0 Å². The topological polar surface area (TPSA) is 75.5 Å². The van der Waals surface area contributed by atoms with Gasteiger partial charge in [0.25, 0.3) is 0 Å². The first kappa shape index (κ1) is 23.2. The van der Waals surface area contributed by atoms with E-state index in [1.807, 2.05) is 61.5 Å². The Morgan fingerprint density at radius 3 is 2.45 bits per heavy atom. The van der Waals surface area contributed by atoms with Gasteiger partial charge in [0.15, 0.2) is 5.69 Å². The molecule has 0 aliphatic rings. The molecule has 1 heterocycles. The number of halogens is 1. The van der Waals surface area contributed by atoms with Gasteiger partial charge in [-0.1, -0.05) is 48.0 Å². The van der Waals surface area contributed by atoms with Gasteiger partial charge in [-0.3, -0.25) is 9.53 Å². The second-order valence-corrected chi connectivity index (χ2v) is 7.32. The van der Waals surface area contributed by atoms with Crippen molar-refractivity contribution in [3.8, 4) is 16.9 Å². The zero-order chi connectivity index (χ0) is 21.1. The molecule has 4 aromatic rings. The Morgan fingerprint density at radius 2 is 1.77 bits per heavy atom. The van der Waals surface area contributed by atoms with Crippen molar-refractivity contribution in [1.82, 2.24) is 9.72 Å². The summed E-state index contributed by atoms with van der Waals surface area (Å²) in [6.45, 7) is 2.59. The molecule has 31 heavy (non-hydrogen) atoms. The second-order valence-electron chi connectivity index (χ2n) is 6.88. The zero-order valence-corrected chi connectivity index (χ0v) is 19.9. The second kappa shape index (κ2) is 10.2. The molecule has 0 bridgehead atoms. The summed E-state index contributed by atoms with van der Waals surface area (Å²) in [5, 5.41) is 0.723. The van der Waals surface area contributed by atoms with Crippen molar-refractivity contribution < 1.29 is 38.8 Å². The molecule has 0 radical (unpaired) electrons. The van der Waals surface area contributed by atoms with Gasteiger partial charge in [-0.05, 0) is 65.1 Å². The minimum Gasteiger partial charge on any atom is -0.489 e. The van der Waals surface area contributed by atoms with Crippen molar-refractivity contribution in [2.24, 2.45) is 0 Å². The molecule has 0 saturated carbocycles. The fourth-order valence-electron chi connectivity index (χ4n) is 3.19. The van der Waals surface area contributed by atoms with Gasteiger partial charge in [-0.15, -0.1) is 0 Å². The summed E-state index contributed by atoms with van der Waals surface area (Å²) in [5.41, 5.74) is 4.50. The summed E-state index contributed by atoms with van der Waals surface area (Å²) in [6.07, 6.45) is 0. The third-order valence-electron chi connectivity index (χ3n) is 4.67. The van der Waals surface area contributed by atoms with Crippen molar-refractivity contribution in [3.05, 3.63) is 109 Å². The minimum absolute atomic E-state index is 0. The van der Waals surface area contributed by atoms with Crippen molar-refractivity contribution in [2.75, 3.05) is 0 Å². The molecule has 6 nitrogen and oxygen atoms in total. The maximum Gasteiger partial charge on any atom is 1.00 e. The number of ether oxygens (including phenoxy) is 1. The molecule has 3 aromatic carbocycles. The molecule has 0 atom stereocenters. The van der Waals surface area contributed by atoms with Crippen LogP contribution in [0.5, 0.6) is 5.75 Å². The number of aromatic nitrogens is 2. The van der Waals surface area contributed by atoms with Crippen LogP contribution in [0.2, 0.25) is 5.02 Å². The van der Waals surface area contributed by atoms with Gasteiger partial charge in [-0.25, -0.2) is 4.79 Å². The number of nitrogens with zero attached hydrogens (tertiary/aromatic N) is 2. The van der Waals surface area contributed by atoms with E-state index in [0.29, 0.717) is 12.4 Å². The SMILES string of the molecule is Cc1cc(Cl)ccc1-c1cccc(COc2ccc(Cn3oc(=O)[n-]c3=O)cc2)c1.[Na+]. The summed E-state index contributed by atoms with van der Waals surface area (Å²) >= 11 is 6.06. The predicted molar refractivity (Wildman–Crippen MR) is 114 cm³/mol. The van der Waals surface area contributed by atoms with Crippen molar-refractivity contribution >= 4 is 11.6 Å². The van der Waals surface area contributed by atoms with E-state index in [2.05, 4.69) is 17.1 Å². The average Bonchev–Trinajstić information content (AvgIpc) is 3.04. The van der Waals surface area contributed by atoms with Gasteiger partial charge in [0.1, 0.15) is 12.4 Å². The number of hydrogen-bond donors (Lipinski definition) is 0. The first-order valence-electron chi connectivity index (χ1n) is 9.30. The molecule has 0 fully saturated rings. The minimum atomic E-state index is -0.893. The van der Waals surface area contributed by atoms with E-state index >= 15 is 0 Å². The fourth-order valence-corrected chi connectivity index (χ4v) is 3.42. The van der Waals surface area contributed by atoms with Crippen LogP contribution in [-0.4, -0.2) is 4.74 Å². The monoisotopic (exact) mass is 444 g/mol. The van der Waals surface area contributed by atoms with E-state index < -0.39 is 11.4 Å². The Hall–Kier alpha value is -2.51. The molecular weight excluding hydrogens is 427 g/mol. The molecule has 4 rings (SSSR count). The van der Waals surface area contributed by atoms with Crippen molar-refractivity contribution in [3.63, 3.8) is 0 Å². The summed E-state index contributed by atoms with van der Waals surface area (Å²) in [4.78, 5) is 25.6. The Kier molecular flexibility index (Phi) is 7.62. The summed E-state index contributed by atoms with van der Waals surface area (Å²) in [5.74, 6) is -0.197. The summed E-state index contributed by atoms with van der Waals surface area (Å²) in [6, 6.07) is 21.3. The number of hydrogen-bond acceptors (Lipinski definition) is 4. The first-order chi connectivity index (χ1) is 14.5. The van der Waals surface area contributed by atoms with Crippen LogP contribution in [0, 0.1) is 6.92 Å². The first-order valence-corrected chi connectivity index (χ1v) is 9.68. The summed E-state index contributed by atoms with van der Waals surface area (Å²) in [7, 11) is 0. The molecular formula is C23H18ClN2NaO4. The van der Waals surface area contributed by atoms with Gasteiger partial charge in [0.05, 0.1) is 0 Å². The van der Waals surface area contributed by atoms with Crippen LogP contribution in [0.15, 0.2) is 80.8 Å². The van der Waals surface area contributed by atoms with E-state index in [9.17, 15) is 9.59 Å². The maximum absolute atomic E-state index is 11.5. The Morgan fingerprint density at radius 1 is 1.00 bits per heavy atom. The van der Waals surface area contributed by atoms with Crippen LogP contribution in [0.1, 0.15) is 16.7 Å². The smallest absolute Gasteiger partial charge is 0.489 e. The molecule has 1 aromatic heterocycles. The molecule has 0 saturated heterocycles. The summed E-state index contributed by atoms with van der Waals surface area (Å²) < 4.78 is 11.5. The molecule has 0 aliphatic carbocycles. The molecule has 0 unspecified atom stereocenters. The van der Waals surface area contributed by atoms with E-state index in [1.54, 1.807) is 0 Å². The van der Waals surface area contributed by atoms with Gasteiger partial charge in [0.2, 0.25) is 0 Å². The van der Waals surface area contributed by atoms with Crippen LogP contribution < -0.4 is 50.7 Å². The molecule has 152 valence electrons. The molecule has 0 amide bonds. The fraction of sp³-hybridized carbons (Fsp3) is 0.130. The number of aryl methyl sites for hydroxylation is 1. The van der Waals surface area contributed by atoms with Crippen LogP contribution in [0.3, 0.4) is 0 Å². The molecule has 0 N–H and O–H groups in total. The van der Waals surface area contributed by atoms with Crippen LogP contribution in [-0.2, 0) is 13.2 Å². The number of rotatable bonds is 6. The Bertz CT molecular complexity index is 1290. The Labute approximate surface area is 205 Å². The molecule has 0 aliphatic heterocycles. The zero-order valence-electron chi connectivity index (χ0n) is 17.2. The van der Waals surface area contributed by atoms with E-state index in [-0.39, 0.29) is 36.1 Å². The third-order valence-corrected chi connectivity index (χ3v) is 4.91. The van der Waals surface area contributed by atoms with Gasteiger partial charge in [0, 0.05) is 11.6 Å². The van der Waals surface area contributed by atoms with Gasteiger partial charge >= 0.3 is 35.3 Å². The average molecular weight is 445 g/mol. The van der Waals surface area contributed by atoms with Crippen molar-refractivity contribution in [1.29, 1.82) is 0 Å². The Balaban J connectivity index is 0.00000272. The van der Waals surface area contributed by atoms with E-state index in [4.69, 9.17) is 20.9 Å². The molecule has 0 spiro atoms. The largest absolute Gasteiger partial charge is 1.00 e.